The van der Waals surface area contributed by atoms with E-state index in [1.807, 2.05) is 19.1 Å². The Balaban J connectivity index is 2.37. The zero-order chi connectivity index (χ0) is 17.3. The van der Waals surface area contributed by atoms with Crippen LogP contribution in [0.3, 0.4) is 0 Å². The van der Waals surface area contributed by atoms with Crippen LogP contribution in [0.15, 0.2) is 51.7 Å². The molecule has 0 aliphatic heterocycles. The van der Waals surface area contributed by atoms with Crippen LogP contribution in [0, 0.1) is 6.92 Å². The first-order valence-corrected chi connectivity index (χ1v) is 7.42. The molecule has 3 aromatic rings. The molecule has 0 saturated heterocycles. The van der Waals surface area contributed by atoms with Crippen molar-refractivity contribution in [3.63, 3.8) is 0 Å². The number of hydrogen-bond acceptors (Lipinski definition) is 4. The van der Waals surface area contributed by atoms with E-state index in [2.05, 4.69) is 0 Å². The lowest BCUT2D eigenvalue weighted by Crippen LogP contribution is -2.14. The summed E-state index contributed by atoms with van der Waals surface area (Å²) in [5, 5.41) is 9.89. The molecule has 2 aromatic carbocycles. The highest BCUT2D eigenvalue weighted by Crippen LogP contribution is 2.32. The second kappa shape index (κ2) is 6.20. The van der Waals surface area contributed by atoms with E-state index in [-0.39, 0.29) is 5.56 Å². The molecule has 24 heavy (non-hydrogen) atoms. The van der Waals surface area contributed by atoms with Crippen molar-refractivity contribution in [1.29, 1.82) is 0 Å². The lowest BCUT2D eigenvalue weighted by Gasteiger charge is -2.12. The molecule has 1 heterocycles. The first-order valence-electron chi connectivity index (χ1n) is 7.42. The van der Waals surface area contributed by atoms with Crippen molar-refractivity contribution >= 4 is 16.9 Å². The number of benzene rings is 2. The number of carbonyl (C=O) groups is 1. The number of fused-ring (bicyclic) bond motifs is 1. The molecule has 0 unspecified atom stereocenters. The van der Waals surface area contributed by atoms with Crippen LogP contribution in [0.5, 0.6) is 5.75 Å². The summed E-state index contributed by atoms with van der Waals surface area (Å²) in [6.45, 7) is 1.93. The van der Waals surface area contributed by atoms with E-state index in [0.29, 0.717) is 16.9 Å². The van der Waals surface area contributed by atoms with Crippen molar-refractivity contribution in [2.75, 3.05) is 7.11 Å². The zero-order valence-electron chi connectivity index (χ0n) is 13.3. The fourth-order valence-electron chi connectivity index (χ4n) is 2.75. The van der Waals surface area contributed by atoms with Gasteiger partial charge in [-0.05, 0) is 36.8 Å². The lowest BCUT2D eigenvalue weighted by molar-refractivity contribution is -0.136. The number of aryl methyl sites for hydroxylation is 1. The van der Waals surface area contributed by atoms with Gasteiger partial charge in [0.15, 0.2) is 0 Å². The summed E-state index contributed by atoms with van der Waals surface area (Å²) < 4.78 is 10.5. The van der Waals surface area contributed by atoms with Gasteiger partial charge in [-0.25, -0.2) is 4.79 Å². The van der Waals surface area contributed by atoms with Crippen molar-refractivity contribution < 1.29 is 19.1 Å². The summed E-state index contributed by atoms with van der Waals surface area (Å²) in [5.74, 6) is -0.397. The first kappa shape index (κ1) is 15.8. The predicted octanol–water partition coefficient (Wildman–Crippen LogP) is 3.40. The van der Waals surface area contributed by atoms with Crippen LogP contribution in [-0.4, -0.2) is 18.2 Å². The van der Waals surface area contributed by atoms with E-state index in [9.17, 15) is 14.7 Å². The van der Waals surface area contributed by atoms with Crippen LogP contribution < -0.4 is 10.4 Å². The minimum Gasteiger partial charge on any atom is -0.497 e. The molecule has 5 heteroatoms. The number of hydrogen-bond donors (Lipinski definition) is 1. The van der Waals surface area contributed by atoms with E-state index >= 15 is 0 Å². The highest BCUT2D eigenvalue weighted by Gasteiger charge is 2.18. The van der Waals surface area contributed by atoms with Gasteiger partial charge in [-0.1, -0.05) is 23.8 Å². The van der Waals surface area contributed by atoms with E-state index in [1.54, 1.807) is 37.4 Å². The number of carboxylic acids is 1. The molecular weight excluding hydrogens is 308 g/mol. The van der Waals surface area contributed by atoms with E-state index in [0.717, 1.165) is 16.5 Å². The van der Waals surface area contributed by atoms with Gasteiger partial charge < -0.3 is 14.3 Å². The molecule has 0 aliphatic rings. The van der Waals surface area contributed by atoms with E-state index in [1.165, 1.54) is 0 Å². The monoisotopic (exact) mass is 324 g/mol. The number of methoxy groups -OCH3 is 1. The van der Waals surface area contributed by atoms with Crippen LogP contribution in [-0.2, 0) is 11.2 Å². The minimum absolute atomic E-state index is 0.144. The summed E-state index contributed by atoms with van der Waals surface area (Å²) in [7, 11) is 1.57. The Hall–Kier alpha value is -3.08. The van der Waals surface area contributed by atoms with Crippen LogP contribution >= 0.6 is 0 Å². The average molecular weight is 324 g/mol. The van der Waals surface area contributed by atoms with Crippen LogP contribution in [0.1, 0.15) is 11.1 Å². The molecule has 0 saturated carbocycles. The molecule has 5 nitrogen and oxygen atoms in total. The van der Waals surface area contributed by atoms with Gasteiger partial charge in [-0.2, -0.15) is 0 Å². The largest absolute Gasteiger partial charge is 0.497 e. The lowest BCUT2D eigenvalue weighted by atomic mass is 9.94. The van der Waals surface area contributed by atoms with Crippen molar-refractivity contribution in [2.45, 2.75) is 13.3 Å². The second-order valence-electron chi connectivity index (χ2n) is 5.54. The van der Waals surface area contributed by atoms with Crippen LogP contribution in [0.4, 0.5) is 0 Å². The third-order valence-electron chi connectivity index (χ3n) is 3.86. The number of ether oxygens (including phenoxy) is 1. The molecule has 0 spiro atoms. The Labute approximate surface area is 138 Å². The Morgan fingerprint density at radius 1 is 1.17 bits per heavy atom. The van der Waals surface area contributed by atoms with E-state index < -0.39 is 18.0 Å². The highest BCUT2D eigenvalue weighted by atomic mass is 16.5. The topological polar surface area (TPSA) is 76.7 Å². The van der Waals surface area contributed by atoms with Gasteiger partial charge in [-0.15, -0.1) is 0 Å². The third kappa shape index (κ3) is 2.88. The van der Waals surface area contributed by atoms with Gasteiger partial charge in [-0.3, -0.25) is 4.79 Å². The Bertz CT molecular complexity index is 967. The Morgan fingerprint density at radius 3 is 2.50 bits per heavy atom. The maximum Gasteiger partial charge on any atom is 0.340 e. The normalized spacial score (nSPS) is 10.8. The summed E-state index contributed by atoms with van der Waals surface area (Å²) in [6, 6.07) is 12.6. The molecule has 0 atom stereocenters. The molecule has 0 amide bonds. The fraction of sp³-hybridized carbons (Fsp3) is 0.158. The molecule has 1 N–H and O–H groups in total. The summed E-state index contributed by atoms with van der Waals surface area (Å²) in [6.07, 6.45) is -0.395. The average Bonchev–Trinajstić information content (AvgIpc) is 2.56. The van der Waals surface area contributed by atoms with Gasteiger partial charge in [0.2, 0.25) is 0 Å². The zero-order valence-corrected chi connectivity index (χ0v) is 13.3. The summed E-state index contributed by atoms with van der Waals surface area (Å²) in [5.41, 5.74) is 2.29. The number of aliphatic carboxylic acids is 1. The Morgan fingerprint density at radius 2 is 1.88 bits per heavy atom. The smallest absolute Gasteiger partial charge is 0.340 e. The van der Waals surface area contributed by atoms with Crippen molar-refractivity contribution in [3.05, 3.63) is 64.0 Å². The number of rotatable bonds is 4. The van der Waals surface area contributed by atoms with Gasteiger partial charge in [0.05, 0.1) is 19.1 Å². The molecule has 0 fully saturated rings. The molecule has 122 valence electrons. The van der Waals surface area contributed by atoms with Crippen molar-refractivity contribution in [1.82, 2.24) is 0 Å². The molecule has 1 aromatic heterocycles. The molecule has 0 radical (unpaired) electrons. The Kier molecular flexibility index (Phi) is 4.08. The van der Waals surface area contributed by atoms with Gasteiger partial charge in [0.25, 0.3) is 0 Å². The SMILES string of the molecule is COc1ccc(-c2c(CC(=O)O)c(=O)oc3ccc(C)cc23)cc1. The molecular formula is C19H16O5. The predicted molar refractivity (Wildman–Crippen MR) is 90.5 cm³/mol. The maximum absolute atomic E-state index is 12.3. The van der Waals surface area contributed by atoms with Crippen LogP contribution in [0.2, 0.25) is 0 Å². The standard InChI is InChI=1S/C19H16O5/c1-11-3-8-16-14(9-11)18(12-4-6-13(23-2)7-5-12)15(10-17(20)21)19(22)24-16/h3-9H,10H2,1-2H3,(H,20,21). The summed E-state index contributed by atoms with van der Waals surface area (Å²) in [4.78, 5) is 23.5. The molecule has 3 rings (SSSR count). The van der Waals surface area contributed by atoms with Gasteiger partial charge in [0.1, 0.15) is 11.3 Å². The maximum atomic E-state index is 12.3. The van der Waals surface area contributed by atoms with Gasteiger partial charge in [0, 0.05) is 10.9 Å². The van der Waals surface area contributed by atoms with Gasteiger partial charge >= 0.3 is 11.6 Å². The first-order chi connectivity index (χ1) is 11.5. The van der Waals surface area contributed by atoms with Crippen molar-refractivity contribution in [3.8, 4) is 16.9 Å². The molecule has 0 bridgehead atoms. The summed E-state index contributed by atoms with van der Waals surface area (Å²) >= 11 is 0. The quantitative estimate of drug-likeness (QED) is 0.744. The second-order valence-corrected chi connectivity index (χ2v) is 5.54. The van der Waals surface area contributed by atoms with Crippen LogP contribution in [0.25, 0.3) is 22.1 Å². The van der Waals surface area contributed by atoms with E-state index in [4.69, 9.17) is 9.15 Å². The highest BCUT2D eigenvalue weighted by molar-refractivity contribution is 5.96. The van der Waals surface area contributed by atoms with Crippen molar-refractivity contribution in [2.24, 2.45) is 0 Å². The number of carboxylic acid groups (broad SMARTS) is 1. The minimum atomic E-state index is -1.08. The fourth-order valence-corrected chi connectivity index (χ4v) is 2.75. The third-order valence-corrected chi connectivity index (χ3v) is 3.86. The molecule has 0 aliphatic carbocycles.